The van der Waals surface area contributed by atoms with Crippen LogP contribution in [0.1, 0.15) is 120 Å². The molecular formula is C56H89N9O14. The molecule has 79 heavy (non-hydrogen) atoms. The van der Waals surface area contributed by atoms with Crippen molar-refractivity contribution in [2.75, 3.05) is 48.3 Å². The summed E-state index contributed by atoms with van der Waals surface area (Å²) in [6.45, 7) is 17.8. The summed E-state index contributed by atoms with van der Waals surface area (Å²) in [7, 11) is 6.70. The third-order valence-electron chi connectivity index (χ3n) is 15.6. The third-order valence-corrected chi connectivity index (χ3v) is 15.6. The molecule has 0 spiro atoms. The number of carboxylic acids is 1. The number of carboxylic acid groups (broad SMARTS) is 1. The summed E-state index contributed by atoms with van der Waals surface area (Å²) in [6.07, 6.45) is -0.612. The first-order chi connectivity index (χ1) is 36.8. The lowest BCUT2D eigenvalue weighted by molar-refractivity contribution is -0.165. The summed E-state index contributed by atoms with van der Waals surface area (Å²) in [5.74, 6) is -12.1. The molecule has 0 radical (unpaired) electrons. The number of ether oxygens (including phenoxy) is 1. The number of carbonyl (C=O) groups is 11. The van der Waals surface area contributed by atoms with E-state index in [1.54, 1.807) is 69.2 Å². The molecule has 442 valence electrons. The molecule has 1 aromatic carbocycles. The van der Waals surface area contributed by atoms with Crippen LogP contribution in [0.5, 0.6) is 5.75 Å². The topological polar surface area (TPSA) is 293 Å². The molecule has 5 N–H and O–H groups in total. The van der Waals surface area contributed by atoms with Crippen molar-refractivity contribution in [2.45, 2.75) is 176 Å². The van der Waals surface area contributed by atoms with Crippen LogP contribution in [0.2, 0.25) is 0 Å². The lowest BCUT2D eigenvalue weighted by atomic mass is 9.92. The molecule has 2 saturated heterocycles. The summed E-state index contributed by atoms with van der Waals surface area (Å²) >= 11 is 0. The number of hydrogen-bond donors (Lipinski definition) is 5. The van der Waals surface area contributed by atoms with Crippen molar-refractivity contribution in [1.82, 2.24) is 45.3 Å². The van der Waals surface area contributed by atoms with Crippen LogP contribution >= 0.6 is 0 Å². The van der Waals surface area contributed by atoms with Crippen molar-refractivity contribution >= 4 is 65.1 Å². The summed E-state index contributed by atoms with van der Waals surface area (Å²) in [5.41, 5.74) is 0.490. The van der Waals surface area contributed by atoms with Gasteiger partial charge in [0.15, 0.2) is 6.10 Å². The monoisotopic (exact) mass is 1110 g/mol. The van der Waals surface area contributed by atoms with Gasteiger partial charge < -0.3 is 60.3 Å². The standard InChI is InChI=1S/C56H89N9O14/c1-17-33(9)46-48(70)57-29-41(67)61(13)44(31(5)6)49(71)58-38(27-36-22-24-37(66)25-23-36)56(78)79-35(11)51(73)65-26-20-19-21-39(65)52(74)62(14)45(32(7)8)50(72)59-43(30(3)4)54(76)60(12)40(28-42(68)69)53(75)64(16)47(34(10)18-2)55(77)63(46)15/h22-25,30-35,38-40,43-47,66H,17-21,26-29H2,1-16H3,(H,57,70)(H,58,71)(H,59,72)(H,68,69)/t33-,34-,35+,38-,39-,40-,43-,44-,45-,46-,47-/m0/s1. The number of nitrogens with zero attached hydrogens (tertiary/aromatic N) is 6. The molecule has 0 unspecified atom stereocenters. The number of phenols is 1. The number of carbonyl (C=O) groups excluding carboxylic acids is 10. The molecule has 0 bridgehead atoms. The van der Waals surface area contributed by atoms with Gasteiger partial charge in [0.2, 0.25) is 47.3 Å². The lowest BCUT2D eigenvalue weighted by Crippen LogP contribution is -2.63. The quantitative estimate of drug-likeness (QED) is 0.198. The van der Waals surface area contributed by atoms with Crippen LogP contribution in [0.3, 0.4) is 0 Å². The molecule has 1 aromatic rings. The summed E-state index contributed by atoms with van der Waals surface area (Å²) in [5, 5.41) is 28.3. The van der Waals surface area contributed by atoms with Crippen molar-refractivity contribution in [3.8, 4) is 5.75 Å². The fourth-order valence-electron chi connectivity index (χ4n) is 10.5. The largest absolute Gasteiger partial charge is 0.508 e. The van der Waals surface area contributed by atoms with Crippen LogP contribution in [0.4, 0.5) is 0 Å². The van der Waals surface area contributed by atoms with E-state index in [4.69, 9.17) is 4.74 Å². The van der Waals surface area contributed by atoms with E-state index >= 15 is 0 Å². The van der Waals surface area contributed by atoms with Gasteiger partial charge in [0, 0.05) is 48.2 Å². The van der Waals surface area contributed by atoms with E-state index in [2.05, 4.69) is 16.0 Å². The van der Waals surface area contributed by atoms with Crippen molar-refractivity contribution in [3.05, 3.63) is 29.8 Å². The molecule has 23 nitrogen and oxygen atoms in total. The first-order valence-corrected chi connectivity index (χ1v) is 27.6. The number of likely N-dealkylation sites (N-methyl/N-ethyl adjacent to an activating group) is 5. The Balaban J connectivity index is 2.27. The molecule has 0 saturated carbocycles. The summed E-state index contributed by atoms with van der Waals surface area (Å²) in [6, 6.07) is -4.74. The highest BCUT2D eigenvalue weighted by molar-refractivity contribution is 5.99. The highest BCUT2D eigenvalue weighted by Crippen LogP contribution is 2.26. The highest BCUT2D eigenvalue weighted by atomic mass is 16.5. The van der Waals surface area contributed by atoms with Crippen molar-refractivity contribution < 1.29 is 67.7 Å². The number of nitrogens with one attached hydrogen (secondary N) is 3. The van der Waals surface area contributed by atoms with E-state index in [9.17, 15) is 63.0 Å². The number of piperidine rings is 1. The zero-order valence-electron chi connectivity index (χ0n) is 49.2. The Morgan fingerprint density at radius 1 is 0.620 bits per heavy atom. The van der Waals surface area contributed by atoms with Crippen LogP contribution < -0.4 is 16.0 Å². The van der Waals surface area contributed by atoms with E-state index in [0.717, 1.165) is 14.7 Å². The second kappa shape index (κ2) is 29.4. The van der Waals surface area contributed by atoms with Crippen LogP contribution in [0.15, 0.2) is 24.3 Å². The van der Waals surface area contributed by atoms with Crippen LogP contribution in [-0.2, 0) is 63.9 Å². The first kappa shape index (κ1) is 66.5. The van der Waals surface area contributed by atoms with Crippen LogP contribution in [0.25, 0.3) is 0 Å². The average Bonchev–Trinajstić information content (AvgIpc) is 3.41. The molecule has 0 aromatic heterocycles. The van der Waals surface area contributed by atoms with Gasteiger partial charge in [-0.25, -0.2) is 4.79 Å². The van der Waals surface area contributed by atoms with Gasteiger partial charge in [-0.3, -0.25) is 47.9 Å². The Morgan fingerprint density at radius 3 is 1.67 bits per heavy atom. The Bertz CT molecular complexity index is 2360. The molecular weight excluding hydrogens is 1020 g/mol. The van der Waals surface area contributed by atoms with Crippen LogP contribution in [-0.4, -0.2) is 207 Å². The maximum Gasteiger partial charge on any atom is 0.329 e. The fourth-order valence-corrected chi connectivity index (χ4v) is 10.5. The van der Waals surface area contributed by atoms with Crippen molar-refractivity contribution in [1.29, 1.82) is 0 Å². The number of aliphatic carboxylic acids is 1. The predicted octanol–water partition coefficient (Wildman–Crippen LogP) is 2.02. The van der Waals surface area contributed by atoms with Gasteiger partial charge in [-0.05, 0) is 73.5 Å². The lowest BCUT2D eigenvalue weighted by Gasteiger charge is -2.41. The highest BCUT2D eigenvalue weighted by Gasteiger charge is 2.46. The Labute approximate surface area is 465 Å². The molecule has 2 fully saturated rings. The molecule has 23 heteroatoms. The maximum atomic E-state index is 14.9. The second-order valence-electron chi connectivity index (χ2n) is 22.5. The third kappa shape index (κ3) is 16.6. The minimum atomic E-state index is -1.70. The normalized spacial score (nSPS) is 26.9. The molecule has 2 aliphatic rings. The zero-order valence-corrected chi connectivity index (χ0v) is 49.2. The maximum absolute atomic E-state index is 14.9. The van der Waals surface area contributed by atoms with Gasteiger partial charge in [-0.2, -0.15) is 0 Å². The van der Waals surface area contributed by atoms with Crippen molar-refractivity contribution in [3.63, 3.8) is 0 Å². The number of cyclic esters (lactones) is 1. The summed E-state index contributed by atoms with van der Waals surface area (Å²) in [4.78, 5) is 164. The van der Waals surface area contributed by atoms with E-state index in [0.29, 0.717) is 31.2 Å². The molecule has 2 heterocycles. The van der Waals surface area contributed by atoms with Gasteiger partial charge in [-0.15, -0.1) is 0 Å². The Kier molecular flexibility index (Phi) is 24.8. The number of esters is 1. The zero-order chi connectivity index (χ0) is 60.1. The van der Waals surface area contributed by atoms with Gasteiger partial charge in [0.05, 0.1) is 13.0 Å². The number of amides is 9. The van der Waals surface area contributed by atoms with E-state index in [1.165, 1.54) is 81.1 Å². The molecule has 11 atom stereocenters. The van der Waals surface area contributed by atoms with E-state index in [1.807, 2.05) is 0 Å². The Hall–Kier alpha value is -6.81. The molecule has 9 amide bonds. The molecule has 0 aliphatic carbocycles. The second-order valence-corrected chi connectivity index (χ2v) is 22.5. The van der Waals surface area contributed by atoms with Gasteiger partial charge >= 0.3 is 11.9 Å². The van der Waals surface area contributed by atoms with E-state index < -0.39 is 162 Å². The first-order valence-electron chi connectivity index (χ1n) is 27.6. The number of hydrogen-bond acceptors (Lipinski definition) is 13. The fraction of sp³-hybridized carbons (Fsp3) is 0.696. The number of rotatable bonds is 11. The van der Waals surface area contributed by atoms with E-state index in [-0.39, 0.29) is 25.1 Å². The smallest absolute Gasteiger partial charge is 0.329 e. The van der Waals surface area contributed by atoms with Gasteiger partial charge in [0.25, 0.3) is 5.91 Å². The minimum Gasteiger partial charge on any atom is -0.508 e. The average molecular weight is 1110 g/mol. The Morgan fingerprint density at radius 2 is 1.14 bits per heavy atom. The number of fused-ring (bicyclic) bond motifs is 1. The SMILES string of the molecule is CC[C@H](C)[C@H]1C(=O)NCC(=O)N(C)[C@@H](C(C)C)C(=O)N[C@@H](Cc2ccc(O)cc2)C(=O)O[C@H](C)C(=O)N2CCCC[C@H]2C(=O)N(C)[C@@H](C(C)C)C(=O)N[C@@H](C(C)C)C(=O)N(C)[C@@H](CC(=O)O)C(=O)N(C)[C@@H]([C@@H](C)CC)C(=O)N1C. The van der Waals surface area contributed by atoms with Crippen LogP contribution in [0, 0.1) is 29.6 Å². The predicted molar refractivity (Wildman–Crippen MR) is 292 cm³/mol. The van der Waals surface area contributed by atoms with Gasteiger partial charge in [0.1, 0.15) is 54.1 Å². The van der Waals surface area contributed by atoms with Gasteiger partial charge in [-0.1, -0.05) is 94.2 Å². The summed E-state index contributed by atoms with van der Waals surface area (Å²) < 4.78 is 5.80. The molecule has 3 rings (SSSR count). The van der Waals surface area contributed by atoms with Crippen molar-refractivity contribution in [2.24, 2.45) is 29.6 Å². The number of aromatic hydroxyl groups is 1. The number of phenolic OH excluding ortho intramolecular Hbond substituents is 1. The molecule has 2 aliphatic heterocycles. The minimum absolute atomic E-state index is 0.0571. The number of benzene rings is 1.